The number of hydrogen-bond acceptors (Lipinski definition) is 7. The maximum Gasteiger partial charge on any atom is 0.338 e. The summed E-state index contributed by atoms with van der Waals surface area (Å²) in [6, 6.07) is 12.9. The summed E-state index contributed by atoms with van der Waals surface area (Å²) in [5.41, 5.74) is -2.39. The van der Waals surface area contributed by atoms with Gasteiger partial charge in [0.1, 0.15) is 17.0 Å². The fourth-order valence-electron chi connectivity index (χ4n) is 6.10. The van der Waals surface area contributed by atoms with Crippen LogP contribution in [0.25, 0.3) is 0 Å². The van der Waals surface area contributed by atoms with Crippen LogP contribution < -0.4 is 10.2 Å². The van der Waals surface area contributed by atoms with E-state index in [1.54, 1.807) is 18.2 Å². The Hall–Kier alpha value is -4.55. The molecule has 1 N–H and O–H groups in total. The van der Waals surface area contributed by atoms with Gasteiger partial charge in [-0.15, -0.1) is 0 Å². The molecule has 43 heavy (non-hydrogen) atoms. The smallest absolute Gasteiger partial charge is 0.338 e. The molecule has 3 aromatic carbocycles. The number of ether oxygens (including phenoxy) is 1. The quantitative estimate of drug-likeness (QED) is 0.171. The van der Waals surface area contributed by atoms with Gasteiger partial charge in [-0.25, -0.2) is 9.18 Å². The van der Waals surface area contributed by atoms with Crippen LogP contribution in [0.1, 0.15) is 28.8 Å². The topological polar surface area (TPSA) is 139 Å². The Morgan fingerprint density at radius 3 is 2.53 bits per heavy atom. The first-order chi connectivity index (χ1) is 20.4. The maximum atomic E-state index is 15.7. The van der Waals surface area contributed by atoms with Gasteiger partial charge in [0.2, 0.25) is 12.3 Å². The van der Waals surface area contributed by atoms with E-state index in [1.165, 1.54) is 43.3 Å². The van der Waals surface area contributed by atoms with Crippen molar-refractivity contribution in [2.24, 2.45) is 5.92 Å². The highest BCUT2D eigenvalue weighted by Crippen LogP contribution is 2.54. The predicted octanol–water partition coefficient (Wildman–Crippen LogP) is 4.81. The van der Waals surface area contributed by atoms with Crippen molar-refractivity contribution in [3.8, 4) is 0 Å². The monoisotopic (exact) mass is 628 g/mol. The van der Waals surface area contributed by atoms with E-state index in [-0.39, 0.29) is 28.4 Å². The zero-order valence-corrected chi connectivity index (χ0v) is 24.1. The normalized spacial score (nSPS) is 22.7. The largest absolute Gasteiger partial charge is 0.465 e. The van der Waals surface area contributed by atoms with Crippen molar-refractivity contribution in [3.05, 3.63) is 97.8 Å². The number of anilines is 2. The standard InChI is InChI=1S/C29H23Cl2FN4O7/c1-29(28(40)33-17-6-3-5-16(30)12-17)24(18-7-4-8-19(31)25(18)32)23-22(35(29)14-37)13-34(26(23)38)20-10-9-15(27(39)43-2)11-21(20)36(41)42/h3-12,14,22-24H,13H2,1-2H3,(H,33,40)/t22-,23+,24-,29+/m0/s1. The number of esters is 1. The average Bonchev–Trinajstić information content (AvgIpc) is 3.43. The predicted molar refractivity (Wildman–Crippen MR) is 155 cm³/mol. The fraction of sp³-hybridized carbons (Fsp3) is 0.241. The lowest BCUT2D eigenvalue weighted by Crippen LogP contribution is -2.56. The van der Waals surface area contributed by atoms with E-state index in [0.29, 0.717) is 17.1 Å². The molecule has 0 saturated carbocycles. The number of nitrogens with zero attached hydrogens (tertiary/aromatic N) is 3. The first kappa shape index (κ1) is 29.9. The Balaban J connectivity index is 1.64. The third kappa shape index (κ3) is 4.86. The zero-order chi connectivity index (χ0) is 31.2. The number of benzene rings is 3. The Morgan fingerprint density at radius 2 is 1.88 bits per heavy atom. The molecule has 0 aliphatic carbocycles. The zero-order valence-electron chi connectivity index (χ0n) is 22.6. The summed E-state index contributed by atoms with van der Waals surface area (Å²) < 4.78 is 20.3. The van der Waals surface area contributed by atoms with Gasteiger partial charge in [0.25, 0.3) is 11.6 Å². The number of halogens is 3. The van der Waals surface area contributed by atoms with Crippen LogP contribution in [0.4, 0.5) is 21.5 Å². The second-order valence-electron chi connectivity index (χ2n) is 10.2. The summed E-state index contributed by atoms with van der Waals surface area (Å²) in [7, 11) is 1.12. The van der Waals surface area contributed by atoms with E-state index in [4.69, 9.17) is 23.2 Å². The number of nitro groups is 1. The van der Waals surface area contributed by atoms with E-state index >= 15 is 4.39 Å². The molecule has 2 aliphatic rings. The highest BCUT2D eigenvalue weighted by atomic mass is 35.5. The number of nitrogens with one attached hydrogen (secondary N) is 1. The third-order valence-corrected chi connectivity index (χ3v) is 8.58. The van der Waals surface area contributed by atoms with Crippen LogP contribution >= 0.6 is 23.2 Å². The Bertz CT molecular complexity index is 1690. The first-order valence-corrected chi connectivity index (χ1v) is 13.6. The molecule has 0 bridgehead atoms. The van der Waals surface area contributed by atoms with Crippen LogP contribution in [0.15, 0.2) is 60.7 Å². The van der Waals surface area contributed by atoms with Gasteiger partial charge in [-0.05, 0) is 48.9 Å². The van der Waals surface area contributed by atoms with Crippen molar-refractivity contribution >= 4 is 64.5 Å². The molecule has 3 amide bonds. The molecule has 2 fully saturated rings. The lowest BCUT2D eigenvalue weighted by Gasteiger charge is -2.39. The molecule has 0 unspecified atom stereocenters. The highest BCUT2D eigenvalue weighted by molar-refractivity contribution is 6.31. The summed E-state index contributed by atoms with van der Waals surface area (Å²) >= 11 is 12.2. The van der Waals surface area contributed by atoms with Crippen LogP contribution in [0.2, 0.25) is 10.0 Å². The van der Waals surface area contributed by atoms with E-state index < -0.39 is 57.6 Å². The Morgan fingerprint density at radius 1 is 1.16 bits per heavy atom. The minimum atomic E-state index is -1.81. The second kappa shape index (κ2) is 11.3. The summed E-state index contributed by atoms with van der Waals surface area (Å²) in [5, 5.41) is 14.8. The SMILES string of the molecule is COC(=O)c1ccc(N2C[C@H]3[C@@H](C2=O)[C@H](c2cccc(Cl)c2F)[C@](C)(C(=O)Nc2cccc(Cl)c2)N3C=O)c([N+](=O)[O-])c1. The molecular formula is C29H23Cl2FN4O7. The number of carbonyl (C=O) groups is 4. The number of carbonyl (C=O) groups excluding carboxylic acids is 4. The summed E-state index contributed by atoms with van der Waals surface area (Å²) in [6.07, 6.45) is 0.406. The number of fused-ring (bicyclic) bond motifs is 1. The number of rotatable bonds is 7. The Kier molecular flexibility index (Phi) is 7.84. The highest BCUT2D eigenvalue weighted by Gasteiger charge is 2.66. The fourth-order valence-corrected chi connectivity index (χ4v) is 6.47. The molecule has 0 spiro atoms. The molecule has 5 rings (SSSR count). The van der Waals surface area contributed by atoms with Gasteiger partial charge in [0.05, 0.1) is 34.6 Å². The van der Waals surface area contributed by atoms with Crippen molar-refractivity contribution < 1.29 is 33.2 Å². The lowest BCUT2D eigenvalue weighted by molar-refractivity contribution is -0.384. The second-order valence-corrected chi connectivity index (χ2v) is 11.1. The molecule has 0 radical (unpaired) electrons. The minimum Gasteiger partial charge on any atom is -0.465 e. The summed E-state index contributed by atoms with van der Waals surface area (Å²) in [4.78, 5) is 66.4. The Labute approximate surface area is 254 Å². The van der Waals surface area contributed by atoms with E-state index in [9.17, 15) is 29.3 Å². The van der Waals surface area contributed by atoms with Gasteiger partial charge < -0.3 is 19.9 Å². The van der Waals surface area contributed by atoms with Gasteiger partial charge >= 0.3 is 5.97 Å². The van der Waals surface area contributed by atoms with Crippen molar-refractivity contribution in [2.45, 2.75) is 24.4 Å². The molecule has 4 atom stereocenters. The van der Waals surface area contributed by atoms with Crippen LogP contribution in [0.5, 0.6) is 0 Å². The van der Waals surface area contributed by atoms with Gasteiger partial charge in [-0.2, -0.15) is 0 Å². The van der Waals surface area contributed by atoms with E-state index in [2.05, 4.69) is 10.1 Å². The molecule has 222 valence electrons. The minimum absolute atomic E-state index is 0.0821. The molecular weight excluding hydrogens is 606 g/mol. The lowest BCUT2D eigenvalue weighted by atomic mass is 9.74. The van der Waals surface area contributed by atoms with Crippen molar-refractivity contribution in [2.75, 3.05) is 23.9 Å². The van der Waals surface area contributed by atoms with Gasteiger partial charge in [0.15, 0.2) is 0 Å². The van der Waals surface area contributed by atoms with Crippen LogP contribution in [0, 0.1) is 21.8 Å². The van der Waals surface area contributed by atoms with Crippen LogP contribution in [-0.4, -0.2) is 59.3 Å². The number of nitro benzene ring substituents is 1. The van der Waals surface area contributed by atoms with Crippen LogP contribution in [0.3, 0.4) is 0 Å². The molecule has 2 aliphatic heterocycles. The van der Waals surface area contributed by atoms with Gasteiger partial charge in [-0.3, -0.25) is 24.5 Å². The van der Waals surface area contributed by atoms with Gasteiger partial charge in [-0.1, -0.05) is 41.4 Å². The molecule has 2 saturated heterocycles. The summed E-state index contributed by atoms with van der Waals surface area (Å²) in [5.74, 6) is -5.55. The van der Waals surface area contributed by atoms with Crippen molar-refractivity contribution in [3.63, 3.8) is 0 Å². The molecule has 14 heteroatoms. The van der Waals surface area contributed by atoms with Crippen molar-refractivity contribution in [1.29, 1.82) is 0 Å². The first-order valence-electron chi connectivity index (χ1n) is 12.9. The van der Waals surface area contributed by atoms with Crippen molar-refractivity contribution in [1.82, 2.24) is 4.90 Å². The molecule has 11 nitrogen and oxygen atoms in total. The molecule has 3 aromatic rings. The third-order valence-electron chi connectivity index (χ3n) is 8.05. The number of hydrogen-bond donors (Lipinski definition) is 1. The summed E-state index contributed by atoms with van der Waals surface area (Å²) in [6.45, 7) is 1.18. The molecule has 2 heterocycles. The van der Waals surface area contributed by atoms with Gasteiger partial charge in [0, 0.05) is 29.2 Å². The maximum absolute atomic E-state index is 15.7. The van der Waals surface area contributed by atoms with E-state index in [1.807, 2.05) is 0 Å². The van der Waals surface area contributed by atoms with Crippen LogP contribution in [-0.2, 0) is 19.1 Å². The number of amides is 3. The molecule has 0 aromatic heterocycles. The number of methoxy groups -OCH3 is 1. The number of likely N-dealkylation sites (tertiary alicyclic amines) is 1. The average molecular weight is 629 g/mol. The van der Waals surface area contributed by atoms with E-state index in [0.717, 1.165) is 23.0 Å².